The highest BCUT2D eigenvalue weighted by molar-refractivity contribution is 7.09. The molecule has 22 heavy (non-hydrogen) atoms. The Morgan fingerprint density at radius 3 is 2.73 bits per heavy atom. The third-order valence-corrected chi connectivity index (χ3v) is 4.94. The van der Waals surface area contributed by atoms with E-state index in [-0.39, 0.29) is 11.9 Å². The van der Waals surface area contributed by atoms with Crippen LogP contribution in [0.2, 0.25) is 0 Å². The van der Waals surface area contributed by atoms with Crippen molar-refractivity contribution in [2.75, 3.05) is 19.8 Å². The van der Waals surface area contributed by atoms with Gasteiger partial charge in [0.05, 0.1) is 0 Å². The summed E-state index contributed by atoms with van der Waals surface area (Å²) in [6.45, 7) is 2.24. The van der Waals surface area contributed by atoms with E-state index in [1.54, 1.807) is 35.9 Å². The number of thiophene rings is 1. The summed E-state index contributed by atoms with van der Waals surface area (Å²) in [7, 11) is 0. The average molecular weight is 316 g/mol. The van der Waals surface area contributed by atoms with Gasteiger partial charge in [-0.1, -0.05) is 6.07 Å². The first kappa shape index (κ1) is 15.2. The number of carbonyl (C=O) groups is 1. The molecule has 2 aromatic rings. The van der Waals surface area contributed by atoms with E-state index in [4.69, 9.17) is 4.74 Å². The van der Waals surface area contributed by atoms with Crippen LogP contribution in [0.3, 0.4) is 0 Å². The van der Waals surface area contributed by atoms with Crippen LogP contribution in [-0.4, -0.2) is 41.6 Å². The van der Waals surface area contributed by atoms with E-state index in [0.717, 1.165) is 39.0 Å². The Hall–Kier alpha value is -1.72. The molecule has 0 saturated carbocycles. The molecule has 1 aliphatic rings. The summed E-state index contributed by atoms with van der Waals surface area (Å²) in [5, 5.41) is 2.08. The van der Waals surface area contributed by atoms with Crippen LogP contribution in [0.4, 0.5) is 0 Å². The second-order valence-electron chi connectivity index (χ2n) is 5.41. The molecule has 3 rings (SSSR count). The molecule has 1 saturated heterocycles. The predicted molar refractivity (Wildman–Crippen MR) is 87.1 cm³/mol. The summed E-state index contributed by atoms with van der Waals surface area (Å²) in [5.74, 6) is 0.103. The number of rotatable bonds is 5. The van der Waals surface area contributed by atoms with Crippen molar-refractivity contribution in [2.24, 2.45) is 0 Å². The molecule has 0 bridgehead atoms. The smallest absolute Gasteiger partial charge is 0.254 e. The van der Waals surface area contributed by atoms with Crippen molar-refractivity contribution in [2.45, 2.75) is 25.3 Å². The normalized spacial score (nSPS) is 15.6. The summed E-state index contributed by atoms with van der Waals surface area (Å²) in [5.41, 5.74) is 0.715. The van der Waals surface area contributed by atoms with Gasteiger partial charge in [0, 0.05) is 48.6 Å². The molecular formula is C17H20N2O2S. The van der Waals surface area contributed by atoms with E-state index in [0.29, 0.717) is 5.56 Å². The van der Waals surface area contributed by atoms with Gasteiger partial charge in [0.25, 0.3) is 5.91 Å². The van der Waals surface area contributed by atoms with Gasteiger partial charge in [-0.15, -0.1) is 11.3 Å². The highest BCUT2D eigenvalue weighted by Gasteiger charge is 2.26. The first-order valence-electron chi connectivity index (χ1n) is 7.66. The van der Waals surface area contributed by atoms with E-state index < -0.39 is 0 Å². The Morgan fingerprint density at radius 1 is 1.27 bits per heavy atom. The molecule has 1 fully saturated rings. The number of pyridine rings is 1. The van der Waals surface area contributed by atoms with Gasteiger partial charge in [-0.3, -0.25) is 9.78 Å². The quantitative estimate of drug-likeness (QED) is 0.851. The number of hydrogen-bond acceptors (Lipinski definition) is 4. The Morgan fingerprint density at radius 2 is 2.05 bits per heavy atom. The van der Waals surface area contributed by atoms with Gasteiger partial charge >= 0.3 is 0 Å². The Labute approximate surface area is 134 Å². The second kappa shape index (κ2) is 7.51. The van der Waals surface area contributed by atoms with Crippen LogP contribution in [0.15, 0.2) is 42.0 Å². The summed E-state index contributed by atoms with van der Waals surface area (Å²) in [4.78, 5) is 20.2. The van der Waals surface area contributed by atoms with Gasteiger partial charge in [0.2, 0.25) is 0 Å². The highest BCUT2D eigenvalue weighted by atomic mass is 32.1. The van der Waals surface area contributed by atoms with Gasteiger partial charge in [-0.25, -0.2) is 0 Å². The summed E-state index contributed by atoms with van der Waals surface area (Å²) >= 11 is 1.75. The molecule has 1 aliphatic heterocycles. The van der Waals surface area contributed by atoms with Crippen molar-refractivity contribution >= 4 is 17.2 Å². The molecule has 0 radical (unpaired) electrons. The Kier molecular flexibility index (Phi) is 5.19. The van der Waals surface area contributed by atoms with Crippen LogP contribution >= 0.6 is 11.3 Å². The van der Waals surface area contributed by atoms with Crippen LogP contribution in [0.1, 0.15) is 28.1 Å². The highest BCUT2D eigenvalue weighted by Crippen LogP contribution is 2.19. The number of ether oxygens (including phenoxy) is 1. The molecule has 0 atom stereocenters. The molecule has 116 valence electrons. The molecule has 0 aromatic carbocycles. The minimum absolute atomic E-state index is 0.103. The molecule has 4 nitrogen and oxygen atoms in total. The lowest BCUT2D eigenvalue weighted by atomic mass is 10.0. The Balaban J connectivity index is 1.74. The largest absolute Gasteiger partial charge is 0.381 e. The molecule has 0 aliphatic carbocycles. The number of carbonyl (C=O) groups excluding carboxylic acids is 1. The standard InChI is InChI=1S/C17H20N2O2S/c20-17(14-3-8-18-9-4-14)19(15-6-11-21-12-7-15)10-5-16-2-1-13-22-16/h1-4,8-9,13,15H,5-7,10-12H2. The summed E-state index contributed by atoms with van der Waals surface area (Å²) < 4.78 is 5.44. The van der Waals surface area contributed by atoms with Crippen LogP contribution < -0.4 is 0 Å². The number of amides is 1. The Bertz CT molecular complexity index is 580. The maximum Gasteiger partial charge on any atom is 0.254 e. The molecule has 2 aromatic heterocycles. The fourth-order valence-corrected chi connectivity index (χ4v) is 3.49. The fourth-order valence-electron chi connectivity index (χ4n) is 2.79. The van der Waals surface area contributed by atoms with Gasteiger partial charge in [0.15, 0.2) is 0 Å². The molecule has 5 heteroatoms. The van der Waals surface area contributed by atoms with Crippen molar-refractivity contribution < 1.29 is 9.53 Å². The second-order valence-corrected chi connectivity index (χ2v) is 6.44. The first-order chi connectivity index (χ1) is 10.8. The summed E-state index contributed by atoms with van der Waals surface area (Å²) in [6, 6.07) is 8.04. The fraction of sp³-hybridized carbons (Fsp3) is 0.412. The zero-order valence-corrected chi connectivity index (χ0v) is 13.3. The maximum atomic E-state index is 12.9. The van der Waals surface area contributed by atoms with Gasteiger partial charge in [0.1, 0.15) is 0 Å². The monoisotopic (exact) mass is 316 g/mol. The lowest BCUT2D eigenvalue weighted by Crippen LogP contribution is -2.44. The van der Waals surface area contributed by atoms with E-state index in [1.165, 1.54) is 4.88 Å². The average Bonchev–Trinajstić information content (AvgIpc) is 3.10. The molecule has 1 amide bonds. The van der Waals surface area contributed by atoms with Crippen molar-refractivity contribution in [1.29, 1.82) is 0 Å². The number of hydrogen-bond donors (Lipinski definition) is 0. The SMILES string of the molecule is O=C(c1ccncc1)N(CCc1cccs1)C1CCOCC1. The van der Waals surface area contributed by atoms with Crippen LogP contribution in [0.25, 0.3) is 0 Å². The molecule has 0 spiro atoms. The van der Waals surface area contributed by atoms with E-state index in [1.807, 2.05) is 4.90 Å². The zero-order valence-electron chi connectivity index (χ0n) is 12.5. The van der Waals surface area contributed by atoms with E-state index in [2.05, 4.69) is 22.5 Å². The van der Waals surface area contributed by atoms with Crippen LogP contribution in [0, 0.1) is 0 Å². The minimum Gasteiger partial charge on any atom is -0.381 e. The van der Waals surface area contributed by atoms with Crippen molar-refractivity contribution in [3.63, 3.8) is 0 Å². The molecule has 0 N–H and O–H groups in total. The first-order valence-corrected chi connectivity index (χ1v) is 8.53. The molecule has 3 heterocycles. The van der Waals surface area contributed by atoms with Gasteiger partial charge < -0.3 is 9.64 Å². The summed E-state index contributed by atoms with van der Waals surface area (Å²) in [6.07, 6.45) is 6.09. The van der Waals surface area contributed by atoms with Gasteiger partial charge in [-0.05, 0) is 42.8 Å². The van der Waals surface area contributed by atoms with Crippen molar-refractivity contribution in [1.82, 2.24) is 9.88 Å². The van der Waals surface area contributed by atoms with Crippen molar-refractivity contribution in [3.05, 3.63) is 52.5 Å². The van der Waals surface area contributed by atoms with Crippen LogP contribution in [0.5, 0.6) is 0 Å². The number of aromatic nitrogens is 1. The predicted octanol–water partition coefficient (Wildman–Crippen LogP) is 3.01. The lowest BCUT2D eigenvalue weighted by Gasteiger charge is -2.34. The number of nitrogens with zero attached hydrogens (tertiary/aromatic N) is 2. The van der Waals surface area contributed by atoms with Crippen LogP contribution in [-0.2, 0) is 11.2 Å². The van der Waals surface area contributed by atoms with E-state index >= 15 is 0 Å². The van der Waals surface area contributed by atoms with Gasteiger partial charge in [-0.2, -0.15) is 0 Å². The van der Waals surface area contributed by atoms with E-state index in [9.17, 15) is 4.79 Å². The third kappa shape index (κ3) is 3.72. The molecular weight excluding hydrogens is 296 g/mol. The maximum absolute atomic E-state index is 12.9. The third-order valence-electron chi connectivity index (χ3n) is 4.00. The lowest BCUT2D eigenvalue weighted by molar-refractivity contribution is 0.0294. The molecule has 0 unspecified atom stereocenters. The topological polar surface area (TPSA) is 42.4 Å². The van der Waals surface area contributed by atoms with Crippen molar-refractivity contribution in [3.8, 4) is 0 Å². The zero-order chi connectivity index (χ0) is 15.2. The minimum atomic E-state index is 0.103.